The Hall–Kier alpha value is -2.05. The average molecular weight is 267 g/mol. The van der Waals surface area contributed by atoms with Gasteiger partial charge in [0.25, 0.3) is 0 Å². The summed E-state index contributed by atoms with van der Waals surface area (Å²) in [6.07, 6.45) is 5.53. The zero-order valence-corrected chi connectivity index (χ0v) is 11.4. The summed E-state index contributed by atoms with van der Waals surface area (Å²) in [5.74, 6) is 0. The summed E-state index contributed by atoms with van der Waals surface area (Å²) in [4.78, 5) is 0. The van der Waals surface area contributed by atoms with Gasteiger partial charge in [-0.1, -0.05) is 85.5 Å². The second-order valence-electron chi connectivity index (χ2n) is 4.12. The normalized spacial score (nSPS) is 11.1. The molecule has 0 aliphatic rings. The van der Waals surface area contributed by atoms with Gasteiger partial charge in [-0.25, -0.2) is 0 Å². The van der Waals surface area contributed by atoms with Crippen LogP contribution < -0.4 is 0 Å². The molecule has 0 nitrogen and oxygen atoms in total. The van der Waals surface area contributed by atoms with Gasteiger partial charge < -0.3 is 0 Å². The Morgan fingerprint density at radius 3 is 2.21 bits per heavy atom. The third-order valence-corrected chi connectivity index (χ3v) is 3.25. The van der Waals surface area contributed by atoms with E-state index < -0.39 is 0 Å². The highest BCUT2D eigenvalue weighted by atomic mass is 35.5. The van der Waals surface area contributed by atoms with Gasteiger partial charge in [0.05, 0.1) is 0 Å². The molecule has 0 saturated carbocycles. The molecule has 2 aromatic rings. The van der Waals surface area contributed by atoms with Crippen molar-refractivity contribution in [2.75, 3.05) is 0 Å². The molecule has 94 valence electrons. The van der Waals surface area contributed by atoms with Gasteiger partial charge in [0.1, 0.15) is 0 Å². The van der Waals surface area contributed by atoms with Crippen LogP contribution in [0.15, 0.2) is 79.9 Å². The van der Waals surface area contributed by atoms with Gasteiger partial charge in [-0.3, -0.25) is 0 Å². The Morgan fingerprint density at radius 2 is 1.63 bits per heavy atom. The van der Waals surface area contributed by atoms with E-state index in [1.165, 1.54) is 0 Å². The lowest BCUT2D eigenvalue weighted by atomic mass is 10.00. The number of halogens is 1. The van der Waals surface area contributed by atoms with Crippen LogP contribution in [0.4, 0.5) is 0 Å². The van der Waals surface area contributed by atoms with Crippen LogP contribution in [0.25, 0.3) is 16.7 Å². The Balaban J connectivity index is 2.39. The highest BCUT2D eigenvalue weighted by molar-refractivity contribution is 6.33. The molecule has 19 heavy (non-hydrogen) atoms. The molecule has 0 bridgehead atoms. The van der Waals surface area contributed by atoms with E-state index in [1.807, 2.05) is 36.4 Å². The molecule has 0 spiro atoms. The van der Waals surface area contributed by atoms with Crippen molar-refractivity contribution in [3.63, 3.8) is 0 Å². The highest BCUT2D eigenvalue weighted by Gasteiger charge is 2.03. The maximum absolute atomic E-state index is 6.20. The fourth-order valence-corrected chi connectivity index (χ4v) is 2.19. The minimum atomic E-state index is 0.765. The molecule has 0 fully saturated rings. The molecule has 0 aliphatic carbocycles. The van der Waals surface area contributed by atoms with Crippen LogP contribution in [-0.4, -0.2) is 0 Å². The maximum atomic E-state index is 6.20. The van der Waals surface area contributed by atoms with Gasteiger partial charge in [-0.15, -0.1) is 0 Å². The molecule has 0 aliphatic heterocycles. The van der Waals surface area contributed by atoms with Crippen molar-refractivity contribution < 1.29 is 0 Å². The van der Waals surface area contributed by atoms with E-state index in [4.69, 9.17) is 11.6 Å². The van der Waals surface area contributed by atoms with Crippen LogP contribution in [0.1, 0.15) is 5.56 Å². The molecular formula is C18H15Cl. The van der Waals surface area contributed by atoms with E-state index in [9.17, 15) is 0 Å². The summed E-state index contributed by atoms with van der Waals surface area (Å²) < 4.78 is 0. The van der Waals surface area contributed by atoms with E-state index in [0.717, 1.165) is 27.3 Å². The minimum Gasteiger partial charge on any atom is -0.0990 e. The monoisotopic (exact) mass is 266 g/mol. The molecule has 1 heteroatoms. The standard InChI is InChI=1S/C18H15Cl/c1-3-7-14(4-2)15-10-12-16(13-11-15)17-8-5-6-9-18(17)19/h3-13H,1-2H2/b14-7+. The number of benzene rings is 2. The molecule has 0 N–H and O–H groups in total. The smallest absolute Gasteiger partial charge is 0.0484 e. The largest absolute Gasteiger partial charge is 0.0990 e. The molecule has 0 atom stereocenters. The van der Waals surface area contributed by atoms with Gasteiger partial charge in [-0.05, 0) is 22.8 Å². The first-order chi connectivity index (χ1) is 9.26. The second kappa shape index (κ2) is 6.21. The molecule has 0 saturated heterocycles. The van der Waals surface area contributed by atoms with Crippen LogP contribution in [0.2, 0.25) is 5.02 Å². The van der Waals surface area contributed by atoms with Gasteiger partial charge in [0.15, 0.2) is 0 Å². The minimum absolute atomic E-state index is 0.765. The number of allylic oxidation sites excluding steroid dienone is 4. The zero-order valence-electron chi connectivity index (χ0n) is 10.6. The SMILES string of the molecule is C=C/C=C(\C=C)c1ccc(-c2ccccc2Cl)cc1. The maximum Gasteiger partial charge on any atom is 0.0484 e. The molecule has 0 radical (unpaired) electrons. The van der Waals surface area contributed by atoms with Crippen LogP contribution in [0.3, 0.4) is 0 Å². The molecule has 0 heterocycles. The molecular weight excluding hydrogens is 252 g/mol. The van der Waals surface area contributed by atoms with E-state index in [0.29, 0.717) is 0 Å². The van der Waals surface area contributed by atoms with E-state index in [2.05, 4.69) is 37.4 Å². The number of rotatable bonds is 4. The molecule has 0 aromatic heterocycles. The molecule has 0 amide bonds. The Morgan fingerprint density at radius 1 is 0.947 bits per heavy atom. The highest BCUT2D eigenvalue weighted by Crippen LogP contribution is 2.28. The van der Waals surface area contributed by atoms with Crippen molar-refractivity contribution in [2.24, 2.45) is 0 Å². The average Bonchev–Trinajstić information content (AvgIpc) is 2.46. The quantitative estimate of drug-likeness (QED) is 0.617. The van der Waals surface area contributed by atoms with Crippen LogP contribution in [0, 0.1) is 0 Å². The summed E-state index contributed by atoms with van der Waals surface area (Å²) in [5.41, 5.74) is 4.33. The van der Waals surface area contributed by atoms with E-state index >= 15 is 0 Å². The van der Waals surface area contributed by atoms with Gasteiger partial charge in [0, 0.05) is 10.6 Å². The lowest BCUT2D eigenvalue weighted by Crippen LogP contribution is -1.83. The van der Waals surface area contributed by atoms with Crippen molar-refractivity contribution in [2.45, 2.75) is 0 Å². The number of hydrogen-bond donors (Lipinski definition) is 0. The molecule has 2 aromatic carbocycles. The third-order valence-electron chi connectivity index (χ3n) is 2.92. The van der Waals surface area contributed by atoms with Gasteiger partial charge >= 0.3 is 0 Å². The van der Waals surface area contributed by atoms with Crippen molar-refractivity contribution >= 4 is 17.2 Å². The summed E-state index contributed by atoms with van der Waals surface area (Å²) in [6, 6.07) is 16.1. The Bertz CT molecular complexity index is 618. The van der Waals surface area contributed by atoms with Crippen molar-refractivity contribution in [3.05, 3.63) is 90.5 Å². The lowest BCUT2D eigenvalue weighted by molar-refractivity contribution is 1.58. The van der Waals surface area contributed by atoms with Crippen LogP contribution in [-0.2, 0) is 0 Å². The first-order valence-corrected chi connectivity index (χ1v) is 6.44. The molecule has 0 unspecified atom stereocenters. The predicted molar refractivity (Wildman–Crippen MR) is 85.3 cm³/mol. The predicted octanol–water partition coefficient (Wildman–Crippen LogP) is 5.76. The fraction of sp³-hybridized carbons (Fsp3) is 0. The van der Waals surface area contributed by atoms with Crippen LogP contribution in [0.5, 0.6) is 0 Å². The van der Waals surface area contributed by atoms with E-state index in [-0.39, 0.29) is 0 Å². The fourth-order valence-electron chi connectivity index (χ4n) is 1.95. The van der Waals surface area contributed by atoms with Crippen molar-refractivity contribution in [1.29, 1.82) is 0 Å². The summed E-state index contributed by atoms with van der Waals surface area (Å²) in [7, 11) is 0. The van der Waals surface area contributed by atoms with Crippen molar-refractivity contribution in [1.82, 2.24) is 0 Å². The molecule has 2 rings (SSSR count). The zero-order chi connectivity index (χ0) is 13.7. The van der Waals surface area contributed by atoms with E-state index in [1.54, 1.807) is 6.08 Å². The first-order valence-electron chi connectivity index (χ1n) is 6.06. The first kappa shape index (κ1) is 13.4. The Kier molecular flexibility index (Phi) is 4.38. The van der Waals surface area contributed by atoms with Gasteiger partial charge in [-0.2, -0.15) is 0 Å². The number of hydrogen-bond acceptors (Lipinski definition) is 0. The topological polar surface area (TPSA) is 0 Å². The summed E-state index contributed by atoms with van der Waals surface area (Å²) in [6.45, 7) is 7.52. The van der Waals surface area contributed by atoms with Crippen molar-refractivity contribution in [3.8, 4) is 11.1 Å². The third kappa shape index (κ3) is 3.04. The summed E-state index contributed by atoms with van der Waals surface area (Å²) >= 11 is 6.20. The van der Waals surface area contributed by atoms with Gasteiger partial charge in [0.2, 0.25) is 0 Å². The summed E-state index contributed by atoms with van der Waals surface area (Å²) in [5, 5.41) is 0.765. The Labute approximate surface area is 119 Å². The lowest BCUT2D eigenvalue weighted by Gasteiger charge is -2.06. The van der Waals surface area contributed by atoms with Crippen LogP contribution >= 0.6 is 11.6 Å². The second-order valence-corrected chi connectivity index (χ2v) is 4.53.